The Morgan fingerprint density at radius 2 is 1.52 bits per heavy atom. The van der Waals surface area contributed by atoms with Crippen molar-refractivity contribution in [1.29, 1.82) is 0 Å². The average molecular weight is 392 g/mol. The van der Waals surface area contributed by atoms with E-state index >= 15 is 0 Å². The fourth-order valence-electron chi connectivity index (χ4n) is 0.936. The molecule has 0 aromatic heterocycles. The van der Waals surface area contributed by atoms with Crippen molar-refractivity contribution in [3.8, 4) is 0 Å². The molecule has 11 nitrogen and oxygen atoms in total. The summed E-state index contributed by atoms with van der Waals surface area (Å²) in [6, 6.07) is 0. The van der Waals surface area contributed by atoms with Gasteiger partial charge in [-0.2, -0.15) is 0 Å². The maximum Gasteiger partial charge on any atom is 0.386 e. The van der Waals surface area contributed by atoms with Crippen molar-refractivity contribution in [3.05, 3.63) is 22.8 Å². The number of hydrogen-bond donors (Lipinski definition) is 4. The molecule has 0 saturated carbocycles. The molecule has 0 rings (SSSR count). The van der Waals surface area contributed by atoms with Gasteiger partial charge in [-0.25, -0.2) is 17.9 Å². The molecule has 0 aliphatic rings. The summed E-state index contributed by atoms with van der Waals surface area (Å²) in [6.07, 6.45) is 0. The maximum absolute atomic E-state index is 10.6. The second-order valence-corrected chi connectivity index (χ2v) is 4.02. The van der Waals surface area contributed by atoms with Crippen molar-refractivity contribution >= 4 is 11.9 Å². The molecule has 27 heavy (non-hydrogen) atoms. The van der Waals surface area contributed by atoms with Gasteiger partial charge in [0.05, 0.1) is 46.8 Å². The fraction of sp³-hybridized carbons (Fsp3) is 0.750. The Bertz CT molecular complexity index is 405. The number of nitrogens with one attached hydrogen (secondary N) is 1. The Hall–Kier alpha value is -2.28. The second kappa shape index (κ2) is 31.5. The third kappa shape index (κ3) is 40.0. The van der Waals surface area contributed by atoms with Crippen LogP contribution in [0.25, 0.3) is 9.69 Å². The van der Waals surface area contributed by atoms with Gasteiger partial charge in [-0.1, -0.05) is 7.43 Å². The molecule has 5 N–H and O–H groups in total. The Morgan fingerprint density at radius 3 is 1.89 bits per heavy atom. The fourth-order valence-corrected chi connectivity index (χ4v) is 0.936. The summed E-state index contributed by atoms with van der Waals surface area (Å²) < 4.78 is 13.8. The van der Waals surface area contributed by atoms with E-state index in [0.717, 1.165) is 0 Å². The molecule has 11 heteroatoms. The highest BCUT2D eigenvalue weighted by atomic mass is 16.5. The Morgan fingerprint density at radius 1 is 1.00 bits per heavy atom. The highest BCUT2D eigenvalue weighted by Crippen LogP contribution is 1.73. The van der Waals surface area contributed by atoms with Gasteiger partial charge in [0.25, 0.3) is 12.5 Å². The number of amides is 1. The van der Waals surface area contributed by atoms with E-state index in [2.05, 4.69) is 19.7 Å². The highest BCUT2D eigenvalue weighted by molar-refractivity contribution is 5.79. The molecular weight excluding hydrogens is 360 g/mol. The van der Waals surface area contributed by atoms with Crippen LogP contribution in [0.3, 0.4) is 0 Å². The van der Waals surface area contributed by atoms with E-state index in [1.165, 1.54) is 7.11 Å². The number of aliphatic hydroxyl groups is 2. The number of methoxy groups -OCH3 is 1. The molecule has 0 saturated heterocycles. The molecule has 1 amide bonds. The molecule has 0 unspecified atom stereocenters. The molecule has 0 spiro atoms. The number of hydrogen-bond acceptors (Lipinski definition) is 8. The summed E-state index contributed by atoms with van der Waals surface area (Å²) in [6.45, 7) is 14.8. The van der Waals surface area contributed by atoms with Gasteiger partial charge >= 0.3 is 12.5 Å². The lowest BCUT2D eigenvalue weighted by molar-refractivity contribution is -0.138. The van der Waals surface area contributed by atoms with Crippen LogP contribution < -0.4 is 11.1 Å². The van der Waals surface area contributed by atoms with Crippen LogP contribution in [0.5, 0.6) is 0 Å². The Balaban J connectivity index is -0.000000153. The number of nitrogens with zero attached hydrogens (tertiary/aromatic N) is 2. The number of carbonyl (C=O) groups excluding carboxylic acids is 2. The second-order valence-electron chi connectivity index (χ2n) is 4.02. The molecule has 0 radical (unpaired) electrons. The van der Waals surface area contributed by atoms with Gasteiger partial charge in [-0.3, -0.25) is 4.79 Å². The molecule has 0 fully saturated rings. The first kappa shape index (κ1) is 32.4. The Labute approximate surface area is 161 Å². The predicted octanol–water partition coefficient (Wildman–Crippen LogP) is -1.30. The molecule has 0 bridgehead atoms. The van der Waals surface area contributed by atoms with Crippen molar-refractivity contribution in [2.45, 2.75) is 7.43 Å². The van der Waals surface area contributed by atoms with Gasteiger partial charge in [-0.15, -0.1) is 0 Å². The van der Waals surface area contributed by atoms with Crippen LogP contribution in [0.2, 0.25) is 0 Å². The normalized spacial score (nSPS) is 8.22. The highest BCUT2D eigenvalue weighted by Gasteiger charge is 2.00. The topological polar surface area (TPSA) is 149 Å². The Kier molecular flexibility index (Phi) is 37.8. The van der Waals surface area contributed by atoms with Gasteiger partial charge in [0.1, 0.15) is 0 Å². The number of carbonyl (C=O) groups is 2. The number of esters is 1. The van der Waals surface area contributed by atoms with Crippen LogP contribution >= 0.6 is 0 Å². The monoisotopic (exact) mass is 392 g/mol. The molecule has 0 aromatic carbocycles. The van der Waals surface area contributed by atoms with E-state index in [9.17, 15) is 9.59 Å². The van der Waals surface area contributed by atoms with E-state index < -0.39 is 5.97 Å². The lowest BCUT2D eigenvalue weighted by atomic mass is 10.5. The smallest absolute Gasteiger partial charge is 0.386 e. The van der Waals surface area contributed by atoms with Crippen LogP contribution in [0.1, 0.15) is 7.43 Å². The summed E-state index contributed by atoms with van der Waals surface area (Å²) in [5.41, 5.74) is 5.06. The van der Waals surface area contributed by atoms with Gasteiger partial charge in [0.2, 0.25) is 0 Å². The predicted molar refractivity (Wildman–Crippen MR) is 99.6 cm³/mol. The lowest BCUT2D eigenvalue weighted by Crippen LogP contribution is -2.28. The average Bonchev–Trinajstić information content (AvgIpc) is 2.63. The quantitative estimate of drug-likeness (QED) is 0.193. The summed E-state index contributed by atoms with van der Waals surface area (Å²) in [4.78, 5) is 26.3. The first-order valence-electron chi connectivity index (χ1n) is 7.61. The largest absolute Gasteiger partial charge is 0.464 e. The van der Waals surface area contributed by atoms with Crippen LogP contribution in [0.15, 0.2) is 0 Å². The summed E-state index contributed by atoms with van der Waals surface area (Å²) >= 11 is 0. The number of nitrogens with two attached hydrogens (primary N) is 1. The zero-order chi connectivity index (χ0) is 20.5. The molecule has 0 aromatic rings. The van der Waals surface area contributed by atoms with Gasteiger partial charge in [0, 0.05) is 13.1 Å². The third-order valence-electron chi connectivity index (χ3n) is 1.96. The minimum Gasteiger partial charge on any atom is -0.464 e. The number of rotatable bonds is 11. The minimum atomic E-state index is -0.477. The molecule has 0 atom stereocenters. The standard InChI is InChI=1S/C7H12N2O3.C4H5NO2.C4H11NO2.CH4/c1-8-6-7(11)9-2-4-12-5-3-10;1-5-3-4(6)7-2;5-1-3-7-4-2-6;/h10H,2-6H2,(H,9,11);3H2,2H3;6H,1-5H2;1H4. The number of aliphatic hydroxyl groups excluding tert-OH is 2. The van der Waals surface area contributed by atoms with E-state index in [4.69, 9.17) is 38.6 Å². The molecule has 158 valence electrons. The van der Waals surface area contributed by atoms with Crippen molar-refractivity contribution in [2.75, 3.05) is 72.9 Å². The van der Waals surface area contributed by atoms with Crippen LogP contribution in [-0.2, 0) is 23.8 Å². The lowest BCUT2D eigenvalue weighted by Gasteiger charge is -2.01. The maximum atomic E-state index is 10.6. The van der Waals surface area contributed by atoms with Gasteiger partial charge in [-0.05, 0) is 0 Å². The van der Waals surface area contributed by atoms with E-state index in [1.807, 2.05) is 0 Å². The first-order chi connectivity index (χ1) is 12.5. The van der Waals surface area contributed by atoms with Crippen LogP contribution in [0.4, 0.5) is 0 Å². The summed E-state index contributed by atoms with van der Waals surface area (Å²) in [7, 11) is 1.26. The third-order valence-corrected chi connectivity index (χ3v) is 1.96. The summed E-state index contributed by atoms with van der Waals surface area (Å²) in [5, 5.41) is 18.9. The van der Waals surface area contributed by atoms with E-state index in [1.54, 1.807) is 0 Å². The zero-order valence-electron chi connectivity index (χ0n) is 15.0. The molecule has 0 aliphatic carbocycles. The minimum absolute atomic E-state index is 0. The van der Waals surface area contributed by atoms with Gasteiger partial charge < -0.3 is 45.2 Å². The SMILES string of the molecule is C.NCCOCCO.[C-]#[N+]CC(=O)NCCOCCO.[C-]#[N+]CC(=O)OC. The van der Waals surface area contributed by atoms with Crippen molar-refractivity contribution < 1.29 is 34.0 Å². The van der Waals surface area contributed by atoms with Crippen LogP contribution in [0, 0.1) is 13.1 Å². The first-order valence-corrected chi connectivity index (χ1v) is 7.61. The van der Waals surface area contributed by atoms with Crippen molar-refractivity contribution in [3.63, 3.8) is 0 Å². The molecule has 0 aliphatic heterocycles. The van der Waals surface area contributed by atoms with Gasteiger partial charge in [0.15, 0.2) is 0 Å². The zero-order valence-corrected chi connectivity index (χ0v) is 15.0. The van der Waals surface area contributed by atoms with Crippen molar-refractivity contribution in [1.82, 2.24) is 5.32 Å². The molecular formula is C16H32N4O7. The van der Waals surface area contributed by atoms with E-state index in [-0.39, 0.29) is 46.2 Å². The van der Waals surface area contributed by atoms with Crippen molar-refractivity contribution in [2.24, 2.45) is 5.73 Å². The van der Waals surface area contributed by atoms with Crippen LogP contribution in [-0.4, -0.2) is 95.0 Å². The summed E-state index contributed by atoms with van der Waals surface area (Å²) in [5.74, 6) is -0.771. The molecule has 0 heterocycles. The van der Waals surface area contributed by atoms with E-state index in [0.29, 0.717) is 32.9 Å². The number of ether oxygens (including phenoxy) is 3.